The highest BCUT2D eigenvalue weighted by atomic mass is 35.5. The Bertz CT molecular complexity index is 3660. The molecule has 0 saturated carbocycles. The molecule has 30 heteroatoms. The molecule has 5 aliphatic rings. The topological polar surface area (TPSA) is 278 Å². The molecular weight excluding hydrogens is 1360 g/mol. The Hall–Kier alpha value is -8.75. The van der Waals surface area contributed by atoms with E-state index in [0.717, 1.165) is 103 Å². The number of nitrogens with zero attached hydrogens (tertiary/aromatic N) is 13. The summed E-state index contributed by atoms with van der Waals surface area (Å²) < 4.78 is 0. The fraction of sp³-hybridized carbons (Fsp3) is 0.420. The Morgan fingerprint density at radius 2 is 0.758 bits per heavy atom. The highest BCUT2D eigenvalue weighted by molar-refractivity contribution is 6.32. The maximum absolute atomic E-state index is 5.97. The highest BCUT2D eigenvalue weighted by Crippen LogP contribution is 2.17. The Labute approximate surface area is 610 Å². The molecule has 536 valence electrons. The van der Waals surface area contributed by atoms with Gasteiger partial charge in [0.25, 0.3) is 0 Å². The first kappa shape index (κ1) is 80.9. The second-order valence-corrected chi connectivity index (χ2v) is 26.2. The van der Waals surface area contributed by atoms with Gasteiger partial charge in [-0.05, 0) is 164 Å². The molecule has 0 amide bonds. The molecule has 0 spiro atoms. The van der Waals surface area contributed by atoms with Crippen LogP contribution in [-0.2, 0) is 25.9 Å². The molecule has 12 N–H and O–H groups in total. The maximum atomic E-state index is 5.97. The van der Waals surface area contributed by atoms with Gasteiger partial charge in [0.15, 0.2) is 35.8 Å². The van der Waals surface area contributed by atoms with Crippen molar-refractivity contribution in [1.29, 1.82) is 0 Å². The van der Waals surface area contributed by atoms with Crippen molar-refractivity contribution in [3.05, 3.63) is 169 Å². The number of halogens is 5. The van der Waals surface area contributed by atoms with Gasteiger partial charge in [0.05, 0.1) is 13.1 Å². The Kier molecular flexibility index (Phi) is 34.0. The summed E-state index contributed by atoms with van der Waals surface area (Å²) in [5.74, 6) is 7.57. The van der Waals surface area contributed by atoms with E-state index in [1.54, 1.807) is 0 Å². The molecule has 10 rings (SSSR count). The number of guanidine groups is 10. The summed E-state index contributed by atoms with van der Waals surface area (Å²) in [4.78, 5) is 50.3. The van der Waals surface area contributed by atoms with Gasteiger partial charge in [-0.15, -0.1) is 0 Å². The van der Waals surface area contributed by atoms with E-state index in [2.05, 4.69) is 154 Å². The van der Waals surface area contributed by atoms with Crippen molar-refractivity contribution < 1.29 is 0 Å². The zero-order chi connectivity index (χ0) is 71.3. The largest absolute Gasteiger partial charge is 0.354 e. The predicted molar refractivity (Wildman–Crippen MR) is 420 cm³/mol. The van der Waals surface area contributed by atoms with Crippen LogP contribution in [0.3, 0.4) is 0 Å². The van der Waals surface area contributed by atoms with Crippen molar-refractivity contribution in [3.8, 4) is 0 Å². The standard InChI is InChI=1S/C15H22ClN5.2C14H20ClN5.C13H18ClN5.C12H16ClN5.CH4/c1-10(2)18-15-20-11(3)19-14(21-15)17-8-7-12-5-4-6-13(16)9-12;1-9(2)17-14-19-10(3)18-13(20-14)16-8-11-4-6-12(15)7-5-11;1-10-17-13(19-14(18-10)20(2)3)16-8-7-11-5-4-6-12(15)9-11;1-9-16-12(18-13(17-9)19(2)3)15-8-10-4-6-11(14)7-5-10;1-8-14-11(17-12(15-8)18(2)3)16-10-6-4-5-9(13)7-10;/h4-6,9-11H,7-8H2,1-3H3,(H3,17,18,19,20,21);4-7,9-10H,8H2,1-3H3,(H3,16,17,18,19,20);4-6,9-10H,7-8H2,1-3H3,(H2,16,17,18,19);4-7,9H,8H2,1-3H3,(H2,15,16,17,18);4-8H,1-3H3,(H2,14,15,16,17);1H4. The second-order valence-electron chi connectivity index (χ2n) is 24.0. The molecule has 0 radical (unpaired) electrons. The Morgan fingerprint density at radius 3 is 1.15 bits per heavy atom. The normalized spacial score (nSPS) is 19.7. The smallest absolute Gasteiger partial charge is 0.204 e. The summed E-state index contributed by atoms with van der Waals surface area (Å²) in [5.41, 5.74) is 5.49. The molecule has 99 heavy (non-hydrogen) atoms. The molecule has 25 nitrogen and oxygen atoms in total. The average molecular weight is 1460 g/mol. The van der Waals surface area contributed by atoms with E-state index in [1.165, 1.54) is 11.1 Å². The second kappa shape index (κ2) is 41.6. The summed E-state index contributed by atoms with van der Waals surface area (Å²) >= 11 is 29.6. The number of rotatable bonds is 13. The first-order chi connectivity index (χ1) is 46.7. The quantitative estimate of drug-likeness (QED) is 0.0523. The van der Waals surface area contributed by atoms with Gasteiger partial charge in [0.2, 0.25) is 23.8 Å². The van der Waals surface area contributed by atoms with E-state index < -0.39 is 0 Å². The van der Waals surface area contributed by atoms with E-state index in [1.807, 2.05) is 201 Å². The van der Waals surface area contributed by atoms with Crippen LogP contribution in [-0.4, -0.2) is 173 Å². The van der Waals surface area contributed by atoms with Crippen molar-refractivity contribution in [2.24, 2.45) is 49.9 Å². The summed E-state index contributed by atoms with van der Waals surface area (Å²) in [7, 11) is 11.7. The van der Waals surface area contributed by atoms with Crippen LogP contribution in [0.5, 0.6) is 0 Å². The van der Waals surface area contributed by atoms with Gasteiger partial charge in [0, 0.05) is 98.3 Å². The molecule has 5 aliphatic heterocycles. The fourth-order valence-electron chi connectivity index (χ4n) is 8.93. The van der Waals surface area contributed by atoms with E-state index in [9.17, 15) is 0 Å². The average Bonchev–Trinajstić information content (AvgIpc) is 0.897. The molecule has 5 atom stereocenters. The van der Waals surface area contributed by atoms with Gasteiger partial charge in [0.1, 0.15) is 30.8 Å². The van der Waals surface area contributed by atoms with Crippen LogP contribution in [0, 0.1) is 0 Å². The van der Waals surface area contributed by atoms with E-state index in [-0.39, 0.29) is 38.3 Å². The van der Waals surface area contributed by atoms with Crippen molar-refractivity contribution in [1.82, 2.24) is 73.2 Å². The first-order valence-corrected chi connectivity index (χ1v) is 34.2. The van der Waals surface area contributed by atoms with Crippen LogP contribution in [0.2, 0.25) is 25.1 Å². The van der Waals surface area contributed by atoms with E-state index in [0.29, 0.717) is 49.2 Å². The lowest BCUT2D eigenvalue weighted by Gasteiger charge is -2.26. The van der Waals surface area contributed by atoms with Gasteiger partial charge < -0.3 is 51.9 Å². The lowest BCUT2D eigenvalue weighted by molar-refractivity contribution is 0.559. The third kappa shape index (κ3) is 31.3. The minimum Gasteiger partial charge on any atom is -0.354 e. The molecule has 5 aromatic carbocycles. The van der Waals surface area contributed by atoms with Gasteiger partial charge >= 0.3 is 0 Å². The molecule has 5 aromatic rings. The maximum Gasteiger partial charge on any atom is 0.204 e. The fourth-order valence-corrected chi connectivity index (χ4v) is 9.80. The lowest BCUT2D eigenvalue weighted by atomic mass is 10.1. The van der Waals surface area contributed by atoms with Crippen LogP contribution in [0.1, 0.15) is 92.0 Å². The summed E-state index contributed by atoms with van der Waals surface area (Å²) in [6.07, 6.45) is 1.66. The number of hydrogen-bond donors (Lipinski definition) is 12. The first-order valence-electron chi connectivity index (χ1n) is 32.3. The number of benzene rings is 5. The van der Waals surface area contributed by atoms with Crippen LogP contribution in [0.15, 0.2) is 171 Å². The predicted octanol–water partition coefficient (Wildman–Crippen LogP) is 10.2. The zero-order valence-corrected chi connectivity index (χ0v) is 62.3. The van der Waals surface area contributed by atoms with Crippen molar-refractivity contribution in [2.45, 2.75) is 139 Å². The molecule has 5 unspecified atom stereocenters. The van der Waals surface area contributed by atoms with Crippen LogP contribution >= 0.6 is 58.0 Å². The zero-order valence-electron chi connectivity index (χ0n) is 58.5. The molecule has 0 fully saturated rings. The number of aliphatic imine (C=N–C) groups is 10. The van der Waals surface area contributed by atoms with Gasteiger partial charge in [-0.3, -0.25) is 36.6 Å². The minimum atomic E-state index is -0.106. The summed E-state index contributed by atoms with van der Waals surface area (Å²) in [6, 6.07) is 39.2. The van der Waals surface area contributed by atoms with Gasteiger partial charge in [-0.2, -0.15) is 0 Å². The summed E-state index contributed by atoms with van der Waals surface area (Å²) in [5, 5.41) is 41.9. The lowest BCUT2D eigenvalue weighted by Crippen LogP contribution is -2.55. The van der Waals surface area contributed by atoms with E-state index in [4.69, 9.17) is 58.0 Å². The Balaban J connectivity index is 0.000000223. The van der Waals surface area contributed by atoms with E-state index >= 15 is 0 Å². The molecule has 5 heterocycles. The molecule has 0 aliphatic carbocycles. The molecular formula is C69H100Cl5N25. The van der Waals surface area contributed by atoms with Crippen molar-refractivity contribution in [2.75, 3.05) is 60.7 Å². The molecule has 0 aromatic heterocycles. The molecule has 0 bridgehead atoms. The third-order valence-corrected chi connectivity index (χ3v) is 14.7. The van der Waals surface area contributed by atoms with Crippen molar-refractivity contribution in [3.63, 3.8) is 0 Å². The number of hydrogen-bond acceptors (Lipinski definition) is 17. The monoisotopic (exact) mass is 1450 g/mol. The minimum absolute atomic E-state index is 0. The highest BCUT2D eigenvalue weighted by Gasteiger charge is 2.20. The Morgan fingerprint density at radius 1 is 0.394 bits per heavy atom. The van der Waals surface area contributed by atoms with Gasteiger partial charge in [-0.25, -0.2) is 39.9 Å². The van der Waals surface area contributed by atoms with Crippen LogP contribution in [0.25, 0.3) is 0 Å². The van der Waals surface area contributed by atoms with Crippen molar-refractivity contribution >= 4 is 123 Å². The van der Waals surface area contributed by atoms with Crippen LogP contribution in [0.4, 0.5) is 5.69 Å². The third-order valence-electron chi connectivity index (χ3n) is 13.4. The SMILES string of the molecule is C.CC(C)NC1=NC(C)NC(=NCCc2cccc(Cl)c2)N1.CC(C)NC1=NC(C)NC(=NCc2ccc(Cl)cc2)N1.CC1N=C(N(C)C)NC(=NCCc2cccc(Cl)c2)N1.CC1N=C(N(C)C)NC(=NCc2ccc(Cl)cc2)N1.CC1N=C(Nc2cccc(Cl)c2)NC(N(C)C)=N1. The summed E-state index contributed by atoms with van der Waals surface area (Å²) in [6.45, 7) is 20.8. The molecule has 0 saturated heterocycles. The number of nitrogens with one attached hydrogen (secondary N) is 12. The van der Waals surface area contributed by atoms with Gasteiger partial charge in [-0.1, -0.05) is 120 Å². The number of anilines is 1. The van der Waals surface area contributed by atoms with Crippen LogP contribution < -0.4 is 63.8 Å².